The SMILES string of the molecule is Nc1ccccc1.O=CC(Nc1ccccc1)c1cccnc1.O=Cc1cccnc1. The molecule has 2 aromatic heterocycles. The van der Waals surface area contributed by atoms with Crippen LogP contribution in [0.5, 0.6) is 0 Å². The average molecular weight is 412 g/mol. The number of nitrogens with two attached hydrogens (primary N) is 1. The van der Waals surface area contributed by atoms with Gasteiger partial charge in [-0.15, -0.1) is 0 Å². The molecule has 1 atom stereocenters. The molecule has 156 valence electrons. The minimum absolute atomic E-state index is 0.351. The van der Waals surface area contributed by atoms with E-state index in [0.29, 0.717) is 5.56 Å². The molecule has 3 N–H and O–H groups in total. The molecule has 4 rings (SSSR count). The zero-order valence-corrected chi connectivity index (χ0v) is 16.9. The van der Waals surface area contributed by atoms with Gasteiger partial charge < -0.3 is 15.8 Å². The lowest BCUT2D eigenvalue weighted by atomic mass is 10.1. The van der Waals surface area contributed by atoms with Crippen molar-refractivity contribution in [1.29, 1.82) is 0 Å². The molecule has 2 heterocycles. The van der Waals surface area contributed by atoms with E-state index >= 15 is 0 Å². The number of carbonyl (C=O) groups excluding carboxylic acids is 2. The van der Waals surface area contributed by atoms with E-state index in [4.69, 9.17) is 5.73 Å². The Labute approximate surface area is 181 Å². The highest BCUT2D eigenvalue weighted by molar-refractivity contribution is 5.73. The van der Waals surface area contributed by atoms with Crippen molar-refractivity contribution in [3.63, 3.8) is 0 Å². The number of nitrogen functional groups attached to an aromatic ring is 1. The van der Waals surface area contributed by atoms with E-state index in [-0.39, 0.29) is 6.04 Å². The summed E-state index contributed by atoms with van der Waals surface area (Å²) in [4.78, 5) is 28.7. The Kier molecular flexibility index (Phi) is 10.2. The van der Waals surface area contributed by atoms with Gasteiger partial charge in [0.2, 0.25) is 0 Å². The highest BCUT2D eigenvalue weighted by Gasteiger charge is 2.09. The van der Waals surface area contributed by atoms with Crippen molar-refractivity contribution >= 4 is 23.9 Å². The molecular formula is C25H24N4O2. The third kappa shape index (κ3) is 9.15. The quantitative estimate of drug-likeness (QED) is 0.367. The first kappa shape index (κ1) is 23.0. The first-order valence-electron chi connectivity index (χ1n) is 9.55. The van der Waals surface area contributed by atoms with E-state index in [9.17, 15) is 9.59 Å². The summed E-state index contributed by atoms with van der Waals surface area (Å²) < 4.78 is 0. The maximum atomic E-state index is 11.0. The van der Waals surface area contributed by atoms with Crippen LogP contribution in [0.4, 0.5) is 11.4 Å². The van der Waals surface area contributed by atoms with Crippen LogP contribution in [0.1, 0.15) is 22.0 Å². The summed E-state index contributed by atoms with van der Waals surface area (Å²) in [5.74, 6) is 0. The van der Waals surface area contributed by atoms with Crippen LogP contribution < -0.4 is 11.1 Å². The predicted molar refractivity (Wildman–Crippen MR) is 124 cm³/mol. The second kappa shape index (κ2) is 13.8. The van der Waals surface area contributed by atoms with Crippen LogP contribution in [0.25, 0.3) is 0 Å². The fourth-order valence-electron chi connectivity index (χ4n) is 2.37. The van der Waals surface area contributed by atoms with Crippen molar-refractivity contribution < 1.29 is 9.59 Å². The molecule has 0 amide bonds. The molecule has 0 saturated heterocycles. The first-order valence-corrected chi connectivity index (χ1v) is 9.55. The number of carbonyl (C=O) groups is 2. The number of para-hydroxylation sites is 2. The highest BCUT2D eigenvalue weighted by atomic mass is 16.1. The van der Waals surface area contributed by atoms with Gasteiger partial charge in [-0.25, -0.2) is 0 Å². The van der Waals surface area contributed by atoms with Gasteiger partial charge in [0.05, 0.1) is 0 Å². The molecule has 0 fully saturated rings. The van der Waals surface area contributed by atoms with Gasteiger partial charge in [-0.1, -0.05) is 42.5 Å². The Morgan fingerprint density at radius 2 is 1.35 bits per heavy atom. The predicted octanol–water partition coefficient (Wildman–Crippen LogP) is 4.60. The lowest BCUT2D eigenvalue weighted by Gasteiger charge is -2.13. The van der Waals surface area contributed by atoms with Gasteiger partial charge in [-0.2, -0.15) is 0 Å². The first-order chi connectivity index (χ1) is 15.2. The molecule has 0 aliphatic heterocycles. The highest BCUT2D eigenvalue weighted by Crippen LogP contribution is 2.16. The molecule has 0 aliphatic carbocycles. The summed E-state index contributed by atoms with van der Waals surface area (Å²) in [5.41, 5.74) is 8.58. The minimum atomic E-state index is -0.351. The second-order valence-electron chi connectivity index (χ2n) is 6.23. The smallest absolute Gasteiger partial charge is 0.151 e. The Morgan fingerprint density at radius 3 is 1.77 bits per heavy atom. The van der Waals surface area contributed by atoms with Crippen molar-refractivity contribution in [3.8, 4) is 0 Å². The summed E-state index contributed by atoms with van der Waals surface area (Å²) in [6.45, 7) is 0. The Hall–Kier alpha value is -4.32. The Bertz CT molecular complexity index is 999. The van der Waals surface area contributed by atoms with Crippen molar-refractivity contribution in [2.75, 3.05) is 11.1 Å². The summed E-state index contributed by atoms with van der Waals surface area (Å²) >= 11 is 0. The van der Waals surface area contributed by atoms with Crippen molar-refractivity contribution in [2.45, 2.75) is 6.04 Å². The average Bonchev–Trinajstić information content (AvgIpc) is 2.85. The lowest BCUT2D eigenvalue weighted by molar-refractivity contribution is -0.108. The summed E-state index contributed by atoms with van der Waals surface area (Å²) in [5, 5.41) is 3.14. The van der Waals surface area contributed by atoms with Crippen LogP contribution in [0.3, 0.4) is 0 Å². The molecular weight excluding hydrogens is 388 g/mol. The number of nitrogens with one attached hydrogen (secondary N) is 1. The molecule has 0 radical (unpaired) electrons. The van der Waals surface area contributed by atoms with E-state index in [1.807, 2.05) is 72.8 Å². The van der Waals surface area contributed by atoms with Crippen LogP contribution in [-0.4, -0.2) is 22.5 Å². The number of rotatable bonds is 5. The number of benzene rings is 2. The number of pyridine rings is 2. The second-order valence-corrected chi connectivity index (χ2v) is 6.23. The molecule has 6 nitrogen and oxygen atoms in total. The Balaban J connectivity index is 0.000000189. The maximum Gasteiger partial charge on any atom is 0.151 e. The van der Waals surface area contributed by atoms with Gasteiger partial charge in [-0.05, 0) is 48.0 Å². The lowest BCUT2D eigenvalue weighted by Crippen LogP contribution is -2.11. The van der Waals surface area contributed by atoms with E-state index in [1.54, 1.807) is 30.7 Å². The largest absolute Gasteiger partial charge is 0.399 e. The summed E-state index contributed by atoms with van der Waals surface area (Å²) in [6, 6.07) is 25.9. The number of nitrogens with zero attached hydrogens (tertiary/aromatic N) is 2. The molecule has 31 heavy (non-hydrogen) atoms. The third-order valence-corrected chi connectivity index (χ3v) is 3.90. The Morgan fingerprint density at radius 1 is 0.742 bits per heavy atom. The van der Waals surface area contributed by atoms with Crippen LogP contribution in [0.15, 0.2) is 110 Å². The third-order valence-electron chi connectivity index (χ3n) is 3.90. The molecule has 1 unspecified atom stereocenters. The molecule has 4 aromatic rings. The summed E-state index contributed by atoms with van der Waals surface area (Å²) in [7, 11) is 0. The van der Waals surface area contributed by atoms with Crippen LogP contribution in [-0.2, 0) is 4.79 Å². The fourth-order valence-corrected chi connectivity index (χ4v) is 2.37. The van der Waals surface area contributed by atoms with Gasteiger partial charge in [0.25, 0.3) is 0 Å². The van der Waals surface area contributed by atoms with Gasteiger partial charge in [-0.3, -0.25) is 14.8 Å². The summed E-state index contributed by atoms with van der Waals surface area (Å²) in [6.07, 6.45) is 8.18. The molecule has 6 heteroatoms. The maximum absolute atomic E-state index is 11.0. The molecule has 2 aromatic carbocycles. The number of aldehydes is 2. The van der Waals surface area contributed by atoms with E-state index < -0.39 is 0 Å². The van der Waals surface area contributed by atoms with E-state index in [1.165, 1.54) is 6.20 Å². The van der Waals surface area contributed by atoms with Crippen LogP contribution in [0.2, 0.25) is 0 Å². The van der Waals surface area contributed by atoms with Crippen molar-refractivity contribution in [1.82, 2.24) is 9.97 Å². The van der Waals surface area contributed by atoms with Crippen molar-refractivity contribution in [2.24, 2.45) is 0 Å². The van der Waals surface area contributed by atoms with Gasteiger partial charge in [0.1, 0.15) is 12.3 Å². The van der Waals surface area contributed by atoms with Gasteiger partial charge in [0.15, 0.2) is 6.29 Å². The standard InChI is InChI=1S/C13H12N2O.C6H5NO.C6H7N/c16-10-13(11-5-4-8-14-9-11)15-12-6-2-1-3-7-12;8-5-6-2-1-3-7-4-6;7-6-4-2-1-3-5-6/h1-10,13,15H;1-5H;1-5H,7H2. The number of anilines is 2. The number of hydrogen-bond acceptors (Lipinski definition) is 6. The minimum Gasteiger partial charge on any atom is -0.399 e. The molecule has 0 spiro atoms. The normalized spacial score (nSPS) is 10.2. The van der Waals surface area contributed by atoms with Crippen LogP contribution >= 0.6 is 0 Å². The molecule has 0 bridgehead atoms. The van der Waals surface area contributed by atoms with Gasteiger partial charge in [0, 0.05) is 41.7 Å². The zero-order valence-electron chi connectivity index (χ0n) is 16.9. The molecule has 0 saturated carbocycles. The number of aromatic nitrogens is 2. The molecule has 0 aliphatic rings. The topological polar surface area (TPSA) is 98.0 Å². The van der Waals surface area contributed by atoms with E-state index in [0.717, 1.165) is 29.5 Å². The van der Waals surface area contributed by atoms with Gasteiger partial charge >= 0.3 is 0 Å². The van der Waals surface area contributed by atoms with Crippen molar-refractivity contribution in [3.05, 3.63) is 121 Å². The zero-order chi connectivity index (χ0) is 22.2. The monoisotopic (exact) mass is 412 g/mol. The number of hydrogen-bond donors (Lipinski definition) is 2. The van der Waals surface area contributed by atoms with E-state index in [2.05, 4.69) is 15.3 Å². The fraction of sp³-hybridized carbons (Fsp3) is 0.0400. The van der Waals surface area contributed by atoms with Crippen LogP contribution in [0, 0.1) is 0 Å².